The average molecular weight is 418 g/mol. The largest absolute Gasteiger partial charge is 0.466 e. The van der Waals surface area contributed by atoms with Gasteiger partial charge in [-0.2, -0.15) is 0 Å². The Morgan fingerprint density at radius 2 is 1.90 bits per heavy atom. The van der Waals surface area contributed by atoms with Crippen molar-refractivity contribution in [3.63, 3.8) is 0 Å². The molecule has 0 amide bonds. The van der Waals surface area contributed by atoms with Gasteiger partial charge in [-0.25, -0.2) is 0 Å². The summed E-state index contributed by atoms with van der Waals surface area (Å²) < 4.78 is 16.2. The lowest BCUT2D eigenvalue weighted by Crippen LogP contribution is -2.30. The Kier molecular flexibility index (Phi) is 5.16. The number of anilines is 1. The summed E-state index contributed by atoms with van der Waals surface area (Å²) in [6.45, 7) is 5.24. The highest BCUT2D eigenvalue weighted by molar-refractivity contribution is 5.93. The van der Waals surface area contributed by atoms with Gasteiger partial charge in [0.15, 0.2) is 11.5 Å². The SMILES string of the molecule is CCOC(=O)Cc1c(N)ccc2cc(CN3CCc4cc5c(cc4C3)OCO5)ccc12. The zero-order valence-corrected chi connectivity index (χ0v) is 17.6. The molecule has 0 saturated heterocycles. The van der Waals surface area contributed by atoms with Crippen molar-refractivity contribution >= 4 is 22.4 Å². The molecule has 0 aliphatic carbocycles. The van der Waals surface area contributed by atoms with Gasteiger partial charge in [0.05, 0.1) is 13.0 Å². The number of nitrogens with two attached hydrogens (primary N) is 1. The van der Waals surface area contributed by atoms with Gasteiger partial charge in [0, 0.05) is 25.3 Å². The third-order valence-electron chi connectivity index (χ3n) is 6.05. The molecule has 3 aromatic rings. The topological polar surface area (TPSA) is 74.0 Å². The summed E-state index contributed by atoms with van der Waals surface area (Å²) in [7, 11) is 0. The summed E-state index contributed by atoms with van der Waals surface area (Å²) in [6.07, 6.45) is 1.19. The highest BCUT2D eigenvalue weighted by Gasteiger charge is 2.22. The van der Waals surface area contributed by atoms with Crippen LogP contribution in [0.3, 0.4) is 0 Å². The number of carbonyl (C=O) groups is 1. The monoisotopic (exact) mass is 418 g/mol. The molecule has 0 saturated carbocycles. The Balaban J connectivity index is 1.35. The molecular weight excluding hydrogens is 392 g/mol. The molecule has 2 aliphatic rings. The zero-order valence-electron chi connectivity index (χ0n) is 17.6. The molecule has 0 radical (unpaired) electrons. The second kappa shape index (κ2) is 8.12. The van der Waals surface area contributed by atoms with Gasteiger partial charge < -0.3 is 19.9 Å². The van der Waals surface area contributed by atoms with Gasteiger partial charge in [-0.3, -0.25) is 9.69 Å². The lowest BCUT2D eigenvalue weighted by molar-refractivity contribution is -0.142. The van der Waals surface area contributed by atoms with Crippen molar-refractivity contribution in [3.05, 3.63) is 64.7 Å². The first-order chi connectivity index (χ1) is 15.1. The molecule has 0 spiro atoms. The number of carbonyl (C=O) groups excluding carboxylic acids is 1. The van der Waals surface area contributed by atoms with Crippen molar-refractivity contribution in [3.8, 4) is 11.5 Å². The van der Waals surface area contributed by atoms with Crippen LogP contribution >= 0.6 is 0 Å². The molecule has 2 heterocycles. The summed E-state index contributed by atoms with van der Waals surface area (Å²) in [5.41, 5.74) is 11.5. The summed E-state index contributed by atoms with van der Waals surface area (Å²) >= 11 is 0. The van der Waals surface area contributed by atoms with Crippen molar-refractivity contribution in [2.24, 2.45) is 0 Å². The molecule has 2 N–H and O–H groups in total. The molecule has 160 valence electrons. The van der Waals surface area contributed by atoms with E-state index in [0.29, 0.717) is 19.1 Å². The van der Waals surface area contributed by atoms with Gasteiger partial charge in [-0.15, -0.1) is 0 Å². The molecule has 0 aromatic heterocycles. The summed E-state index contributed by atoms with van der Waals surface area (Å²) in [6, 6.07) is 14.5. The smallest absolute Gasteiger partial charge is 0.310 e. The molecule has 0 bridgehead atoms. The lowest BCUT2D eigenvalue weighted by Gasteiger charge is -2.29. The van der Waals surface area contributed by atoms with Crippen LogP contribution in [-0.2, 0) is 35.5 Å². The predicted molar refractivity (Wildman–Crippen MR) is 119 cm³/mol. The Hall–Kier alpha value is -3.25. The van der Waals surface area contributed by atoms with E-state index in [0.717, 1.165) is 53.9 Å². The van der Waals surface area contributed by atoms with Crippen molar-refractivity contribution in [1.29, 1.82) is 0 Å². The Morgan fingerprint density at radius 3 is 2.71 bits per heavy atom. The van der Waals surface area contributed by atoms with E-state index < -0.39 is 0 Å². The first-order valence-electron chi connectivity index (χ1n) is 10.7. The van der Waals surface area contributed by atoms with Crippen LogP contribution in [0.5, 0.6) is 11.5 Å². The second-order valence-corrected chi connectivity index (χ2v) is 8.11. The van der Waals surface area contributed by atoms with Gasteiger partial charge in [-0.1, -0.05) is 18.2 Å². The first-order valence-corrected chi connectivity index (χ1v) is 10.7. The first kappa shape index (κ1) is 19.7. The Labute approximate surface area is 181 Å². The van der Waals surface area contributed by atoms with E-state index >= 15 is 0 Å². The molecule has 0 atom stereocenters. The van der Waals surface area contributed by atoms with Gasteiger partial charge in [-0.05, 0) is 70.6 Å². The fraction of sp³-hybridized carbons (Fsp3) is 0.320. The summed E-state index contributed by atoms with van der Waals surface area (Å²) in [5, 5.41) is 2.10. The van der Waals surface area contributed by atoms with Crippen molar-refractivity contribution in [2.45, 2.75) is 32.9 Å². The maximum absolute atomic E-state index is 12.0. The highest BCUT2D eigenvalue weighted by Crippen LogP contribution is 2.37. The number of fused-ring (bicyclic) bond motifs is 3. The van der Waals surface area contributed by atoms with Crippen LogP contribution in [0.25, 0.3) is 10.8 Å². The number of esters is 1. The van der Waals surface area contributed by atoms with Crippen molar-refractivity contribution in [1.82, 2.24) is 4.90 Å². The zero-order chi connectivity index (χ0) is 21.4. The van der Waals surface area contributed by atoms with E-state index in [9.17, 15) is 4.79 Å². The number of hydrogen-bond acceptors (Lipinski definition) is 6. The Morgan fingerprint density at radius 1 is 1.10 bits per heavy atom. The van der Waals surface area contributed by atoms with E-state index in [-0.39, 0.29) is 12.4 Å². The number of nitrogen functional groups attached to an aromatic ring is 1. The normalized spacial score (nSPS) is 15.1. The van der Waals surface area contributed by atoms with Crippen LogP contribution < -0.4 is 15.2 Å². The number of hydrogen-bond donors (Lipinski definition) is 1. The predicted octanol–water partition coefficient (Wildman–Crippen LogP) is 3.81. The minimum absolute atomic E-state index is 0.190. The number of nitrogens with zero attached hydrogens (tertiary/aromatic N) is 1. The van der Waals surface area contributed by atoms with Crippen LogP contribution in [0.15, 0.2) is 42.5 Å². The van der Waals surface area contributed by atoms with Gasteiger partial charge in [0.2, 0.25) is 6.79 Å². The second-order valence-electron chi connectivity index (χ2n) is 8.11. The van der Waals surface area contributed by atoms with Crippen LogP contribution in [0.1, 0.15) is 29.2 Å². The van der Waals surface area contributed by atoms with Crippen LogP contribution in [0.4, 0.5) is 5.69 Å². The van der Waals surface area contributed by atoms with E-state index in [1.54, 1.807) is 0 Å². The molecule has 6 heteroatoms. The fourth-order valence-corrected chi connectivity index (χ4v) is 4.51. The number of benzene rings is 3. The minimum atomic E-state index is -0.251. The van der Waals surface area contributed by atoms with Crippen LogP contribution in [0.2, 0.25) is 0 Å². The molecule has 3 aromatic carbocycles. The highest BCUT2D eigenvalue weighted by atomic mass is 16.7. The maximum Gasteiger partial charge on any atom is 0.310 e. The average Bonchev–Trinajstić information content (AvgIpc) is 3.21. The number of rotatable bonds is 5. The standard InChI is InChI=1S/C25H26N2O4/c1-2-29-25(28)12-21-20-5-3-16(9-18(20)4-6-22(21)26)13-27-8-7-17-10-23-24(31-15-30-23)11-19(17)14-27/h3-6,9-11H,2,7-8,12-15,26H2,1H3. The summed E-state index contributed by atoms with van der Waals surface area (Å²) in [5.74, 6) is 1.45. The molecule has 5 rings (SSSR count). The third kappa shape index (κ3) is 3.91. The molecule has 0 unspecified atom stereocenters. The van der Waals surface area contributed by atoms with E-state index in [1.807, 2.05) is 19.1 Å². The molecule has 2 aliphatic heterocycles. The van der Waals surface area contributed by atoms with Crippen LogP contribution in [0, 0.1) is 0 Å². The molecule has 6 nitrogen and oxygen atoms in total. The van der Waals surface area contributed by atoms with E-state index in [1.165, 1.54) is 16.7 Å². The van der Waals surface area contributed by atoms with E-state index in [4.69, 9.17) is 19.9 Å². The quantitative estimate of drug-likeness (QED) is 0.502. The van der Waals surface area contributed by atoms with Crippen molar-refractivity contribution < 1.29 is 19.0 Å². The third-order valence-corrected chi connectivity index (χ3v) is 6.05. The van der Waals surface area contributed by atoms with Crippen LogP contribution in [-0.4, -0.2) is 30.8 Å². The van der Waals surface area contributed by atoms with E-state index in [2.05, 4.69) is 35.2 Å². The van der Waals surface area contributed by atoms with Gasteiger partial charge in [0.25, 0.3) is 0 Å². The van der Waals surface area contributed by atoms with Gasteiger partial charge >= 0.3 is 5.97 Å². The number of ether oxygens (including phenoxy) is 3. The van der Waals surface area contributed by atoms with Crippen molar-refractivity contribution in [2.75, 3.05) is 25.7 Å². The maximum atomic E-state index is 12.0. The Bertz CT molecular complexity index is 1160. The minimum Gasteiger partial charge on any atom is -0.466 e. The summed E-state index contributed by atoms with van der Waals surface area (Å²) in [4.78, 5) is 14.5. The molecule has 31 heavy (non-hydrogen) atoms. The fourth-order valence-electron chi connectivity index (χ4n) is 4.51. The van der Waals surface area contributed by atoms with Gasteiger partial charge in [0.1, 0.15) is 0 Å². The molecule has 0 fully saturated rings. The molecular formula is C25H26N2O4. The lowest BCUT2D eigenvalue weighted by atomic mass is 9.96.